The van der Waals surface area contributed by atoms with E-state index in [4.69, 9.17) is 16.3 Å². The lowest BCUT2D eigenvalue weighted by Gasteiger charge is -2.16. The Bertz CT molecular complexity index is 1070. The Morgan fingerprint density at radius 2 is 1.87 bits per heavy atom. The van der Waals surface area contributed by atoms with Gasteiger partial charge in [-0.3, -0.25) is 9.59 Å². The number of benzene rings is 3. The molecule has 0 spiro atoms. The molecule has 0 radical (unpaired) electrons. The molecule has 3 aromatic rings. The molecular weight excluding hydrogens is 400 g/mol. The lowest BCUT2D eigenvalue weighted by molar-refractivity contribution is -0.128. The summed E-state index contributed by atoms with van der Waals surface area (Å²) in [5.41, 5.74) is 1.91. The molecule has 0 atom stereocenters. The van der Waals surface area contributed by atoms with Crippen LogP contribution in [0.2, 0.25) is 5.02 Å². The average Bonchev–Trinajstić information content (AvgIpc) is 3.15. The summed E-state index contributed by atoms with van der Waals surface area (Å²) in [6, 6.07) is 21.7. The molecule has 3 aromatic carbocycles. The molecule has 6 heteroatoms. The Balaban J connectivity index is 1.52. The highest BCUT2D eigenvalue weighted by atomic mass is 35.5. The molecule has 152 valence electrons. The van der Waals surface area contributed by atoms with E-state index < -0.39 is 0 Å². The van der Waals surface area contributed by atoms with Gasteiger partial charge in [0.1, 0.15) is 5.75 Å². The first-order valence-electron chi connectivity index (χ1n) is 9.79. The van der Waals surface area contributed by atoms with E-state index in [0.29, 0.717) is 40.7 Å². The number of rotatable bonds is 6. The monoisotopic (exact) mass is 420 g/mol. The number of nitrogens with one attached hydrogen (secondary N) is 1. The second-order valence-electron chi connectivity index (χ2n) is 7.13. The SMILES string of the molecule is O=C(Nc1cc(Cl)ccc1Oc1ccccc1)c1cccc(CN2CCCC2=O)c1. The molecule has 1 N–H and O–H groups in total. The van der Waals surface area contributed by atoms with Crippen LogP contribution < -0.4 is 10.1 Å². The lowest BCUT2D eigenvalue weighted by Crippen LogP contribution is -2.24. The van der Waals surface area contributed by atoms with E-state index in [-0.39, 0.29) is 11.8 Å². The number of nitrogens with zero attached hydrogens (tertiary/aromatic N) is 1. The van der Waals surface area contributed by atoms with E-state index in [2.05, 4.69) is 5.32 Å². The summed E-state index contributed by atoms with van der Waals surface area (Å²) in [4.78, 5) is 26.6. The van der Waals surface area contributed by atoms with Crippen LogP contribution in [0, 0.1) is 0 Å². The number of ether oxygens (including phenoxy) is 1. The van der Waals surface area contributed by atoms with Gasteiger partial charge >= 0.3 is 0 Å². The van der Waals surface area contributed by atoms with Crippen molar-refractivity contribution in [3.05, 3.63) is 88.9 Å². The average molecular weight is 421 g/mol. The number of hydrogen-bond acceptors (Lipinski definition) is 3. The van der Waals surface area contributed by atoms with Gasteiger partial charge in [0.05, 0.1) is 5.69 Å². The number of carbonyl (C=O) groups excluding carboxylic acids is 2. The van der Waals surface area contributed by atoms with Crippen molar-refractivity contribution in [1.29, 1.82) is 0 Å². The Hall–Kier alpha value is -3.31. The number of anilines is 1. The number of carbonyl (C=O) groups is 2. The number of halogens is 1. The van der Waals surface area contributed by atoms with E-state index in [1.165, 1.54) is 0 Å². The van der Waals surface area contributed by atoms with Crippen molar-refractivity contribution in [2.24, 2.45) is 0 Å². The van der Waals surface area contributed by atoms with Gasteiger partial charge in [-0.15, -0.1) is 0 Å². The van der Waals surface area contributed by atoms with Gasteiger partial charge in [0.15, 0.2) is 5.75 Å². The zero-order valence-electron chi connectivity index (χ0n) is 16.3. The van der Waals surface area contributed by atoms with Crippen LogP contribution >= 0.6 is 11.6 Å². The third kappa shape index (κ3) is 4.81. The van der Waals surface area contributed by atoms with Crippen molar-refractivity contribution in [1.82, 2.24) is 4.90 Å². The number of para-hydroxylation sites is 1. The zero-order chi connectivity index (χ0) is 20.9. The van der Waals surface area contributed by atoms with Crippen molar-refractivity contribution >= 4 is 29.1 Å². The van der Waals surface area contributed by atoms with Crippen LogP contribution in [0.5, 0.6) is 11.5 Å². The van der Waals surface area contributed by atoms with Crippen molar-refractivity contribution < 1.29 is 14.3 Å². The number of hydrogen-bond donors (Lipinski definition) is 1. The molecule has 1 fully saturated rings. The van der Waals surface area contributed by atoms with Gasteiger partial charge < -0.3 is 15.0 Å². The van der Waals surface area contributed by atoms with Crippen LogP contribution in [0.15, 0.2) is 72.8 Å². The maximum Gasteiger partial charge on any atom is 0.255 e. The summed E-state index contributed by atoms with van der Waals surface area (Å²) in [6.07, 6.45) is 1.48. The summed E-state index contributed by atoms with van der Waals surface area (Å²) in [5, 5.41) is 3.38. The van der Waals surface area contributed by atoms with Gasteiger partial charge in [0, 0.05) is 30.1 Å². The van der Waals surface area contributed by atoms with Crippen LogP contribution in [0.25, 0.3) is 0 Å². The predicted molar refractivity (Wildman–Crippen MR) is 117 cm³/mol. The van der Waals surface area contributed by atoms with E-state index in [1.807, 2.05) is 53.4 Å². The van der Waals surface area contributed by atoms with Crippen molar-refractivity contribution in [3.8, 4) is 11.5 Å². The number of amides is 2. The van der Waals surface area contributed by atoms with Crippen LogP contribution in [-0.2, 0) is 11.3 Å². The maximum atomic E-state index is 12.9. The molecule has 0 saturated carbocycles. The minimum absolute atomic E-state index is 0.159. The standard InChI is InChI=1S/C24H21ClN2O3/c25-19-11-12-22(30-20-8-2-1-3-9-20)21(15-19)26-24(29)18-7-4-6-17(14-18)16-27-13-5-10-23(27)28/h1-4,6-9,11-12,14-15H,5,10,13,16H2,(H,26,29). The maximum absolute atomic E-state index is 12.9. The highest BCUT2D eigenvalue weighted by Crippen LogP contribution is 2.32. The van der Waals surface area contributed by atoms with Crippen LogP contribution in [0.3, 0.4) is 0 Å². The molecule has 30 heavy (non-hydrogen) atoms. The zero-order valence-corrected chi connectivity index (χ0v) is 17.1. The molecule has 0 aliphatic carbocycles. The van der Waals surface area contributed by atoms with Crippen LogP contribution in [0.1, 0.15) is 28.8 Å². The highest BCUT2D eigenvalue weighted by Gasteiger charge is 2.20. The first kappa shape index (κ1) is 20.0. The van der Waals surface area contributed by atoms with Gasteiger partial charge in [0.2, 0.25) is 5.91 Å². The normalized spacial score (nSPS) is 13.4. The van der Waals surface area contributed by atoms with Crippen molar-refractivity contribution in [2.45, 2.75) is 19.4 Å². The van der Waals surface area contributed by atoms with E-state index in [0.717, 1.165) is 18.5 Å². The Morgan fingerprint density at radius 1 is 1.03 bits per heavy atom. The van der Waals surface area contributed by atoms with Gasteiger partial charge in [-0.1, -0.05) is 41.9 Å². The van der Waals surface area contributed by atoms with Crippen LogP contribution in [0.4, 0.5) is 5.69 Å². The molecule has 1 aliphatic rings. The highest BCUT2D eigenvalue weighted by molar-refractivity contribution is 6.31. The molecule has 4 rings (SSSR count). The molecule has 5 nitrogen and oxygen atoms in total. The fourth-order valence-corrected chi connectivity index (χ4v) is 3.57. The summed E-state index contributed by atoms with van der Waals surface area (Å²) in [6.45, 7) is 1.28. The van der Waals surface area contributed by atoms with Crippen LogP contribution in [-0.4, -0.2) is 23.3 Å². The molecule has 1 saturated heterocycles. The predicted octanol–water partition coefficient (Wildman–Crippen LogP) is 5.51. The van der Waals surface area contributed by atoms with Gasteiger partial charge in [-0.05, 0) is 54.4 Å². The largest absolute Gasteiger partial charge is 0.455 e. The first-order chi connectivity index (χ1) is 14.6. The Labute approximate surface area is 180 Å². The molecule has 1 aliphatic heterocycles. The fraction of sp³-hybridized carbons (Fsp3) is 0.167. The summed E-state index contributed by atoms with van der Waals surface area (Å²) in [5.74, 6) is 1.04. The van der Waals surface area contributed by atoms with Gasteiger partial charge in [-0.2, -0.15) is 0 Å². The second-order valence-corrected chi connectivity index (χ2v) is 7.57. The molecule has 1 heterocycles. The number of likely N-dealkylation sites (tertiary alicyclic amines) is 1. The quantitative estimate of drug-likeness (QED) is 0.572. The topological polar surface area (TPSA) is 58.6 Å². The Kier molecular flexibility index (Phi) is 6.00. The van der Waals surface area contributed by atoms with E-state index >= 15 is 0 Å². The lowest BCUT2D eigenvalue weighted by atomic mass is 10.1. The third-order valence-corrected chi connectivity index (χ3v) is 5.13. The minimum atomic E-state index is -0.273. The smallest absolute Gasteiger partial charge is 0.255 e. The summed E-state index contributed by atoms with van der Waals surface area (Å²) >= 11 is 6.14. The molecular formula is C24H21ClN2O3. The Morgan fingerprint density at radius 3 is 2.63 bits per heavy atom. The van der Waals surface area contributed by atoms with E-state index in [1.54, 1.807) is 24.3 Å². The molecule has 0 unspecified atom stereocenters. The molecule has 0 aromatic heterocycles. The second kappa shape index (κ2) is 9.01. The third-order valence-electron chi connectivity index (χ3n) is 4.89. The van der Waals surface area contributed by atoms with E-state index in [9.17, 15) is 9.59 Å². The minimum Gasteiger partial charge on any atom is -0.455 e. The van der Waals surface area contributed by atoms with Crippen molar-refractivity contribution in [2.75, 3.05) is 11.9 Å². The molecule has 0 bridgehead atoms. The van der Waals surface area contributed by atoms with Gasteiger partial charge in [-0.25, -0.2) is 0 Å². The summed E-state index contributed by atoms with van der Waals surface area (Å²) < 4.78 is 5.91. The van der Waals surface area contributed by atoms with Crippen molar-refractivity contribution in [3.63, 3.8) is 0 Å². The fourth-order valence-electron chi connectivity index (χ4n) is 3.40. The first-order valence-corrected chi connectivity index (χ1v) is 10.2. The summed E-state index contributed by atoms with van der Waals surface area (Å²) in [7, 11) is 0. The van der Waals surface area contributed by atoms with Gasteiger partial charge in [0.25, 0.3) is 5.91 Å². The molecule has 2 amide bonds.